The SMILES string of the molecule is CCCCN1C(=O)c2[nH]nc(-c3ccc(Cl)cc3)c2C1c1cccc([N+](=O)[O-])c1. The van der Waals surface area contributed by atoms with Gasteiger partial charge in [-0.05, 0) is 24.1 Å². The lowest BCUT2D eigenvalue weighted by atomic mass is 9.95. The lowest BCUT2D eigenvalue weighted by Gasteiger charge is -2.26. The minimum absolute atomic E-state index is 0.00428. The Kier molecular flexibility index (Phi) is 5.07. The van der Waals surface area contributed by atoms with E-state index in [1.807, 2.05) is 18.2 Å². The molecule has 1 amide bonds. The fourth-order valence-electron chi connectivity index (χ4n) is 3.74. The van der Waals surface area contributed by atoms with E-state index in [0.29, 0.717) is 28.5 Å². The molecule has 0 bridgehead atoms. The van der Waals surface area contributed by atoms with Crippen LogP contribution < -0.4 is 0 Å². The van der Waals surface area contributed by atoms with Gasteiger partial charge in [0.1, 0.15) is 5.69 Å². The van der Waals surface area contributed by atoms with Crippen LogP contribution in [0.25, 0.3) is 11.3 Å². The highest BCUT2D eigenvalue weighted by atomic mass is 35.5. The topological polar surface area (TPSA) is 92.1 Å². The van der Waals surface area contributed by atoms with E-state index in [1.54, 1.807) is 23.1 Å². The first-order valence-corrected chi connectivity index (χ1v) is 9.78. The van der Waals surface area contributed by atoms with Crippen molar-refractivity contribution in [2.75, 3.05) is 6.54 Å². The van der Waals surface area contributed by atoms with E-state index >= 15 is 0 Å². The maximum Gasteiger partial charge on any atom is 0.273 e. The van der Waals surface area contributed by atoms with E-state index in [-0.39, 0.29) is 11.6 Å². The molecular formula is C21H19ClN4O3. The summed E-state index contributed by atoms with van der Waals surface area (Å²) in [6, 6.07) is 13.3. The number of nitrogens with one attached hydrogen (secondary N) is 1. The number of nitrogens with zero attached hydrogens (tertiary/aromatic N) is 3. The minimum atomic E-state index is -0.437. The van der Waals surface area contributed by atoms with Crippen molar-refractivity contribution in [3.05, 3.63) is 80.5 Å². The van der Waals surface area contributed by atoms with Gasteiger partial charge in [-0.25, -0.2) is 0 Å². The molecule has 29 heavy (non-hydrogen) atoms. The number of halogens is 1. The molecule has 1 aromatic heterocycles. The molecule has 0 spiro atoms. The third kappa shape index (κ3) is 3.38. The maximum atomic E-state index is 13.1. The summed E-state index contributed by atoms with van der Waals surface area (Å²) in [5, 5.41) is 19.2. The summed E-state index contributed by atoms with van der Waals surface area (Å²) in [6.07, 6.45) is 1.77. The number of rotatable bonds is 6. The Morgan fingerprint density at radius 1 is 1.24 bits per heavy atom. The van der Waals surface area contributed by atoms with Crippen molar-refractivity contribution in [2.24, 2.45) is 0 Å². The van der Waals surface area contributed by atoms with E-state index in [9.17, 15) is 14.9 Å². The van der Waals surface area contributed by atoms with Crippen LogP contribution in [-0.2, 0) is 0 Å². The van der Waals surface area contributed by atoms with E-state index in [4.69, 9.17) is 11.6 Å². The Morgan fingerprint density at radius 2 is 2.00 bits per heavy atom. The molecule has 0 radical (unpaired) electrons. The molecular weight excluding hydrogens is 392 g/mol. The number of H-pyrrole nitrogens is 1. The van der Waals surface area contributed by atoms with Gasteiger partial charge in [0.05, 0.1) is 16.7 Å². The first-order chi connectivity index (χ1) is 14.0. The van der Waals surface area contributed by atoms with Gasteiger partial charge in [0.2, 0.25) is 0 Å². The van der Waals surface area contributed by atoms with Crippen LogP contribution in [0.4, 0.5) is 5.69 Å². The minimum Gasteiger partial charge on any atom is -0.326 e. The molecule has 4 rings (SSSR count). The molecule has 8 heteroatoms. The Hall–Kier alpha value is -3.19. The van der Waals surface area contributed by atoms with Crippen LogP contribution in [0.15, 0.2) is 48.5 Å². The summed E-state index contributed by atoms with van der Waals surface area (Å²) in [5.74, 6) is -0.141. The molecule has 0 aliphatic carbocycles. The van der Waals surface area contributed by atoms with Crippen LogP contribution in [0.5, 0.6) is 0 Å². The van der Waals surface area contributed by atoms with Gasteiger partial charge >= 0.3 is 0 Å². The lowest BCUT2D eigenvalue weighted by Crippen LogP contribution is -2.30. The number of benzene rings is 2. The number of carbonyl (C=O) groups is 1. The van der Waals surface area contributed by atoms with Gasteiger partial charge in [-0.15, -0.1) is 0 Å². The molecule has 148 valence electrons. The highest BCUT2D eigenvalue weighted by molar-refractivity contribution is 6.30. The van der Waals surface area contributed by atoms with E-state index in [1.165, 1.54) is 12.1 Å². The quantitative estimate of drug-likeness (QED) is 0.458. The summed E-state index contributed by atoms with van der Waals surface area (Å²) in [6.45, 7) is 2.62. The van der Waals surface area contributed by atoms with Gasteiger partial charge in [-0.1, -0.05) is 49.2 Å². The van der Waals surface area contributed by atoms with Gasteiger partial charge in [-0.3, -0.25) is 20.0 Å². The molecule has 1 N–H and O–H groups in total. The number of fused-ring (bicyclic) bond motifs is 1. The fourth-order valence-corrected chi connectivity index (χ4v) is 3.86. The van der Waals surface area contributed by atoms with Crippen LogP contribution in [-0.4, -0.2) is 32.5 Å². The molecule has 2 heterocycles. The van der Waals surface area contributed by atoms with Crippen molar-refractivity contribution in [1.29, 1.82) is 0 Å². The predicted octanol–water partition coefficient (Wildman–Crippen LogP) is 4.98. The molecule has 2 aromatic carbocycles. The predicted molar refractivity (Wildman–Crippen MR) is 110 cm³/mol. The number of carbonyl (C=O) groups excluding carboxylic acids is 1. The van der Waals surface area contributed by atoms with Crippen LogP contribution in [0.3, 0.4) is 0 Å². The number of non-ortho nitro benzene ring substituents is 1. The first-order valence-electron chi connectivity index (χ1n) is 9.40. The van der Waals surface area contributed by atoms with Crippen molar-refractivity contribution in [3.63, 3.8) is 0 Å². The number of unbranched alkanes of at least 4 members (excludes halogenated alkanes) is 1. The summed E-state index contributed by atoms with van der Waals surface area (Å²) in [5.41, 5.74) is 3.35. The molecule has 1 aliphatic heterocycles. The van der Waals surface area contributed by atoms with Gasteiger partial charge in [0, 0.05) is 34.8 Å². The lowest BCUT2D eigenvalue weighted by molar-refractivity contribution is -0.384. The van der Waals surface area contributed by atoms with Gasteiger partial charge in [0.15, 0.2) is 0 Å². The molecule has 0 saturated carbocycles. The Bertz CT molecular complexity index is 1080. The number of nitro groups is 1. The molecule has 7 nitrogen and oxygen atoms in total. The number of nitro benzene ring substituents is 1. The first kappa shape index (κ1) is 19.1. The zero-order valence-corrected chi connectivity index (χ0v) is 16.5. The highest BCUT2D eigenvalue weighted by Crippen LogP contribution is 2.43. The summed E-state index contributed by atoms with van der Waals surface area (Å²) in [7, 11) is 0. The third-order valence-electron chi connectivity index (χ3n) is 5.13. The number of hydrogen-bond acceptors (Lipinski definition) is 4. The Morgan fingerprint density at radius 3 is 2.69 bits per heavy atom. The molecule has 1 unspecified atom stereocenters. The van der Waals surface area contributed by atoms with Gasteiger partial charge < -0.3 is 4.90 Å². The summed E-state index contributed by atoms with van der Waals surface area (Å²) < 4.78 is 0. The van der Waals surface area contributed by atoms with E-state index < -0.39 is 11.0 Å². The molecule has 3 aromatic rings. The number of amides is 1. The second kappa shape index (κ2) is 7.67. The molecule has 0 saturated heterocycles. The standard InChI is InChI=1S/C21H19ClN4O3/c1-2-3-11-25-20(14-5-4-6-16(12-14)26(28)29)17-18(23-24-19(17)21(25)27)13-7-9-15(22)10-8-13/h4-10,12,20H,2-3,11H2,1H3,(H,23,24). The number of aromatic nitrogens is 2. The highest BCUT2D eigenvalue weighted by Gasteiger charge is 2.42. The summed E-state index contributed by atoms with van der Waals surface area (Å²) in [4.78, 5) is 25.7. The van der Waals surface area contributed by atoms with Crippen molar-refractivity contribution in [1.82, 2.24) is 15.1 Å². The zero-order chi connectivity index (χ0) is 20.5. The van der Waals surface area contributed by atoms with Crippen LogP contribution in [0.2, 0.25) is 5.02 Å². The molecule has 1 atom stereocenters. The second-order valence-electron chi connectivity index (χ2n) is 6.97. The zero-order valence-electron chi connectivity index (χ0n) is 15.8. The van der Waals surface area contributed by atoms with Gasteiger partial charge in [-0.2, -0.15) is 5.10 Å². The third-order valence-corrected chi connectivity index (χ3v) is 5.38. The van der Waals surface area contributed by atoms with E-state index in [0.717, 1.165) is 24.0 Å². The van der Waals surface area contributed by atoms with Crippen molar-refractivity contribution in [2.45, 2.75) is 25.8 Å². The Labute approximate surface area is 172 Å². The monoisotopic (exact) mass is 410 g/mol. The largest absolute Gasteiger partial charge is 0.326 e. The Balaban J connectivity index is 1.87. The normalized spacial score (nSPS) is 15.6. The average Bonchev–Trinajstić information content (AvgIpc) is 3.26. The van der Waals surface area contributed by atoms with E-state index in [2.05, 4.69) is 17.1 Å². The maximum absolute atomic E-state index is 13.1. The van der Waals surface area contributed by atoms with Crippen LogP contribution in [0, 0.1) is 10.1 Å². The second-order valence-corrected chi connectivity index (χ2v) is 7.41. The van der Waals surface area contributed by atoms with Crippen molar-refractivity contribution >= 4 is 23.2 Å². The molecule has 1 aliphatic rings. The molecule has 0 fully saturated rings. The van der Waals surface area contributed by atoms with Gasteiger partial charge in [0.25, 0.3) is 11.6 Å². The smallest absolute Gasteiger partial charge is 0.273 e. The fraction of sp³-hybridized carbons (Fsp3) is 0.238. The summed E-state index contributed by atoms with van der Waals surface area (Å²) >= 11 is 6.01. The van der Waals surface area contributed by atoms with Crippen LogP contribution in [0.1, 0.15) is 47.4 Å². The van der Waals surface area contributed by atoms with Crippen molar-refractivity contribution < 1.29 is 9.72 Å². The average molecular weight is 411 g/mol. The van der Waals surface area contributed by atoms with Crippen molar-refractivity contribution in [3.8, 4) is 11.3 Å². The number of aromatic amines is 1. The number of hydrogen-bond donors (Lipinski definition) is 1. The van der Waals surface area contributed by atoms with Crippen LogP contribution >= 0.6 is 11.6 Å².